The second-order valence-electron chi connectivity index (χ2n) is 16.1. The van der Waals surface area contributed by atoms with Crippen LogP contribution in [0.25, 0.3) is 89.2 Å². The van der Waals surface area contributed by atoms with Crippen LogP contribution in [0.15, 0.2) is 235 Å². The molecule has 9 aromatic carbocycles. The molecule has 1 aliphatic carbocycles. The van der Waals surface area contributed by atoms with Crippen LogP contribution in [0.1, 0.15) is 22.3 Å². The molecule has 0 saturated carbocycles. The van der Waals surface area contributed by atoms with Crippen LogP contribution in [0.3, 0.4) is 0 Å². The second-order valence-corrected chi connectivity index (χ2v) is 16.1. The Balaban J connectivity index is 1.07. The first-order valence-electron chi connectivity index (χ1n) is 21.1. The SMILES string of the molecule is c1ccc(-c2cc(-c3ccc4oc5ccccc5c4c3)cc(-c3cc(-c4cccc(C5(c6ccccc6)c6ccccc6-c6ccccc65)c4)nc(-c4ccccc4)n3)c2)cc1. The van der Waals surface area contributed by atoms with Gasteiger partial charge in [0.05, 0.1) is 16.8 Å². The van der Waals surface area contributed by atoms with Crippen molar-refractivity contribution in [1.29, 1.82) is 0 Å². The lowest BCUT2D eigenvalue weighted by atomic mass is 9.67. The molecule has 3 heteroatoms. The molecule has 0 amide bonds. The van der Waals surface area contributed by atoms with E-state index in [0.717, 1.165) is 72.3 Å². The first-order valence-corrected chi connectivity index (χ1v) is 21.1. The smallest absolute Gasteiger partial charge is 0.160 e. The van der Waals surface area contributed by atoms with E-state index in [2.05, 4.69) is 200 Å². The number of para-hydroxylation sites is 1. The topological polar surface area (TPSA) is 38.9 Å². The van der Waals surface area contributed by atoms with Crippen LogP contribution in [-0.4, -0.2) is 9.97 Å². The van der Waals surface area contributed by atoms with Crippen LogP contribution >= 0.6 is 0 Å². The van der Waals surface area contributed by atoms with Crippen LogP contribution in [0.4, 0.5) is 0 Å². The van der Waals surface area contributed by atoms with Crippen LogP contribution in [0, 0.1) is 0 Å². The Bertz CT molecular complexity index is 3420. The molecule has 3 nitrogen and oxygen atoms in total. The fourth-order valence-electron chi connectivity index (χ4n) is 9.73. The van der Waals surface area contributed by atoms with Gasteiger partial charge < -0.3 is 4.42 Å². The maximum Gasteiger partial charge on any atom is 0.160 e. The first-order chi connectivity index (χ1) is 30.7. The van der Waals surface area contributed by atoms with Gasteiger partial charge in [0.1, 0.15) is 11.2 Å². The van der Waals surface area contributed by atoms with Crippen LogP contribution in [0.2, 0.25) is 0 Å². The van der Waals surface area contributed by atoms with E-state index in [9.17, 15) is 0 Å². The van der Waals surface area contributed by atoms with Crippen LogP contribution in [-0.2, 0) is 5.41 Å². The minimum Gasteiger partial charge on any atom is -0.456 e. The summed E-state index contributed by atoms with van der Waals surface area (Å²) in [5.41, 5.74) is 17.9. The monoisotopic (exact) mass is 790 g/mol. The van der Waals surface area contributed by atoms with Crippen molar-refractivity contribution in [2.24, 2.45) is 0 Å². The molecule has 11 aromatic rings. The lowest BCUT2D eigenvalue weighted by Crippen LogP contribution is -2.28. The predicted octanol–water partition coefficient (Wildman–Crippen LogP) is 15.1. The minimum atomic E-state index is -0.525. The molecule has 0 saturated heterocycles. The van der Waals surface area contributed by atoms with E-state index >= 15 is 0 Å². The van der Waals surface area contributed by atoms with Crippen LogP contribution < -0.4 is 0 Å². The van der Waals surface area contributed by atoms with Gasteiger partial charge in [-0.15, -0.1) is 0 Å². The van der Waals surface area contributed by atoms with Gasteiger partial charge in [-0.3, -0.25) is 0 Å². The maximum atomic E-state index is 6.23. The van der Waals surface area contributed by atoms with Crippen molar-refractivity contribution in [1.82, 2.24) is 9.97 Å². The molecule has 1 aliphatic rings. The lowest BCUT2D eigenvalue weighted by Gasteiger charge is -2.34. The van der Waals surface area contributed by atoms with Gasteiger partial charge in [-0.1, -0.05) is 182 Å². The Labute approximate surface area is 360 Å². The average molecular weight is 791 g/mol. The van der Waals surface area contributed by atoms with Crippen molar-refractivity contribution in [3.05, 3.63) is 253 Å². The minimum absolute atomic E-state index is 0.525. The summed E-state index contributed by atoms with van der Waals surface area (Å²) in [4.78, 5) is 10.7. The van der Waals surface area contributed by atoms with Gasteiger partial charge in [0.2, 0.25) is 0 Å². The maximum absolute atomic E-state index is 6.23. The summed E-state index contributed by atoms with van der Waals surface area (Å²) in [6.07, 6.45) is 0. The zero-order valence-electron chi connectivity index (χ0n) is 33.7. The fraction of sp³-hybridized carbons (Fsp3) is 0.0169. The molecule has 62 heavy (non-hydrogen) atoms. The van der Waals surface area contributed by atoms with E-state index in [-0.39, 0.29) is 0 Å². The highest BCUT2D eigenvalue weighted by molar-refractivity contribution is 6.06. The Morgan fingerprint density at radius 3 is 1.56 bits per heavy atom. The normalized spacial score (nSPS) is 12.6. The molecule has 12 rings (SSSR count). The Kier molecular flexibility index (Phi) is 8.39. The molecule has 0 radical (unpaired) electrons. The number of aromatic nitrogens is 2. The van der Waals surface area contributed by atoms with Crippen molar-refractivity contribution in [2.75, 3.05) is 0 Å². The summed E-state index contributed by atoms with van der Waals surface area (Å²) >= 11 is 0. The number of hydrogen-bond acceptors (Lipinski definition) is 3. The van der Waals surface area contributed by atoms with E-state index in [1.165, 1.54) is 33.4 Å². The zero-order chi connectivity index (χ0) is 41.0. The first kappa shape index (κ1) is 35.8. The van der Waals surface area contributed by atoms with Crippen molar-refractivity contribution >= 4 is 21.9 Å². The molecule has 0 unspecified atom stereocenters. The summed E-state index contributed by atoms with van der Waals surface area (Å²) in [7, 11) is 0. The third kappa shape index (κ3) is 5.82. The lowest BCUT2D eigenvalue weighted by molar-refractivity contribution is 0.669. The molecule has 0 bridgehead atoms. The Hall–Kier alpha value is -8.14. The summed E-state index contributed by atoms with van der Waals surface area (Å²) in [5.74, 6) is 0.677. The Morgan fingerprint density at radius 1 is 0.306 bits per heavy atom. The molecule has 0 aliphatic heterocycles. The predicted molar refractivity (Wildman–Crippen MR) is 254 cm³/mol. The Morgan fingerprint density at radius 2 is 0.839 bits per heavy atom. The zero-order valence-corrected chi connectivity index (χ0v) is 33.7. The van der Waals surface area contributed by atoms with Crippen molar-refractivity contribution < 1.29 is 4.42 Å². The van der Waals surface area contributed by atoms with E-state index in [1.807, 2.05) is 30.3 Å². The molecular weight excluding hydrogens is 753 g/mol. The van der Waals surface area contributed by atoms with Gasteiger partial charge in [0, 0.05) is 27.5 Å². The van der Waals surface area contributed by atoms with Gasteiger partial charge in [-0.2, -0.15) is 0 Å². The highest BCUT2D eigenvalue weighted by Gasteiger charge is 2.45. The van der Waals surface area contributed by atoms with Crippen molar-refractivity contribution in [2.45, 2.75) is 5.41 Å². The van der Waals surface area contributed by atoms with E-state index in [1.54, 1.807) is 0 Å². The van der Waals surface area contributed by atoms with E-state index < -0.39 is 5.41 Å². The van der Waals surface area contributed by atoms with E-state index in [0.29, 0.717) is 5.82 Å². The largest absolute Gasteiger partial charge is 0.456 e. The standard InChI is InChI=1S/C59H38N2O/c1-4-17-39(18-5-1)43-33-44(41-31-32-57-51(37-41)50-27-12-15-30-56(50)62-57)35-45(34-43)55-38-54(60-58(61-55)40-19-6-2-7-20-40)42-21-16-24-47(36-42)59(46-22-8-3-9-23-46)52-28-13-10-25-48(52)49-26-11-14-29-53(49)59/h1-38H. The second kappa shape index (κ2) is 14.5. The van der Waals surface area contributed by atoms with Crippen LogP contribution in [0.5, 0.6) is 0 Å². The van der Waals surface area contributed by atoms with Gasteiger partial charge in [0.25, 0.3) is 0 Å². The molecule has 0 fully saturated rings. The van der Waals surface area contributed by atoms with Crippen molar-refractivity contribution in [3.8, 4) is 67.3 Å². The average Bonchev–Trinajstić information content (AvgIpc) is 3.88. The van der Waals surface area contributed by atoms with Crippen molar-refractivity contribution in [3.63, 3.8) is 0 Å². The number of hydrogen-bond donors (Lipinski definition) is 0. The highest BCUT2D eigenvalue weighted by Crippen LogP contribution is 2.56. The molecular formula is C59H38N2O. The highest BCUT2D eigenvalue weighted by atomic mass is 16.3. The summed E-state index contributed by atoms with van der Waals surface area (Å²) in [5, 5.41) is 2.21. The summed E-state index contributed by atoms with van der Waals surface area (Å²) in [6, 6.07) is 82.4. The number of fused-ring (bicyclic) bond motifs is 6. The van der Waals surface area contributed by atoms with E-state index in [4.69, 9.17) is 14.4 Å². The van der Waals surface area contributed by atoms with Gasteiger partial charge in [0.15, 0.2) is 5.82 Å². The number of rotatable bonds is 7. The quantitative estimate of drug-likeness (QED) is 0.161. The summed E-state index contributed by atoms with van der Waals surface area (Å²) in [6.45, 7) is 0. The molecule has 2 heterocycles. The van der Waals surface area contributed by atoms with Gasteiger partial charge >= 0.3 is 0 Å². The molecule has 0 spiro atoms. The third-order valence-corrected chi connectivity index (χ3v) is 12.6. The third-order valence-electron chi connectivity index (χ3n) is 12.6. The number of nitrogens with zero attached hydrogens (tertiary/aromatic N) is 2. The summed E-state index contributed by atoms with van der Waals surface area (Å²) < 4.78 is 6.23. The molecule has 2 aromatic heterocycles. The fourth-order valence-corrected chi connectivity index (χ4v) is 9.73. The number of furan rings is 1. The molecule has 290 valence electrons. The molecule has 0 atom stereocenters. The molecule has 0 N–H and O–H groups in total. The number of benzene rings is 9. The van der Waals surface area contributed by atoms with Gasteiger partial charge in [-0.25, -0.2) is 9.97 Å². The van der Waals surface area contributed by atoms with Gasteiger partial charge in [-0.05, 0) is 104 Å².